The standard InChI is InChI=1S/C11H9BrN2/c1-8-6-7-13-11(14-8)9-4-2-3-5-10(9)12/h2-7H,1H3. The van der Waals surface area contributed by atoms with Crippen molar-refractivity contribution in [1.82, 2.24) is 9.97 Å². The Morgan fingerprint density at radius 2 is 1.93 bits per heavy atom. The van der Waals surface area contributed by atoms with Crippen molar-refractivity contribution in [2.75, 3.05) is 0 Å². The fourth-order valence-corrected chi connectivity index (χ4v) is 1.68. The number of aryl methyl sites for hydroxylation is 1. The normalized spacial score (nSPS) is 10.1. The van der Waals surface area contributed by atoms with Crippen molar-refractivity contribution in [3.8, 4) is 11.4 Å². The Morgan fingerprint density at radius 3 is 2.64 bits per heavy atom. The highest BCUT2D eigenvalue weighted by molar-refractivity contribution is 9.10. The molecule has 0 bridgehead atoms. The van der Waals surface area contributed by atoms with Crippen molar-refractivity contribution in [1.29, 1.82) is 0 Å². The number of benzene rings is 1. The van der Waals surface area contributed by atoms with Crippen molar-refractivity contribution < 1.29 is 0 Å². The summed E-state index contributed by atoms with van der Waals surface area (Å²) < 4.78 is 1.02. The predicted molar refractivity (Wildman–Crippen MR) is 59.9 cm³/mol. The lowest BCUT2D eigenvalue weighted by Gasteiger charge is -2.02. The van der Waals surface area contributed by atoms with Gasteiger partial charge in [0.1, 0.15) is 0 Å². The average Bonchev–Trinajstić information content (AvgIpc) is 2.18. The van der Waals surface area contributed by atoms with Crippen LogP contribution >= 0.6 is 15.9 Å². The van der Waals surface area contributed by atoms with Gasteiger partial charge in [0, 0.05) is 21.9 Å². The van der Waals surface area contributed by atoms with Gasteiger partial charge in [0.15, 0.2) is 5.82 Å². The minimum Gasteiger partial charge on any atom is -0.237 e. The summed E-state index contributed by atoms with van der Waals surface area (Å²) in [4.78, 5) is 8.59. The highest BCUT2D eigenvalue weighted by Crippen LogP contribution is 2.24. The Balaban J connectivity index is 2.55. The molecule has 0 atom stereocenters. The molecular formula is C11H9BrN2. The minimum atomic E-state index is 0.762. The molecule has 2 rings (SSSR count). The lowest BCUT2D eigenvalue weighted by atomic mass is 10.2. The molecule has 0 N–H and O–H groups in total. The van der Waals surface area contributed by atoms with E-state index in [9.17, 15) is 0 Å². The zero-order chi connectivity index (χ0) is 9.97. The molecule has 0 unspecified atom stereocenters. The monoisotopic (exact) mass is 248 g/mol. The van der Waals surface area contributed by atoms with Crippen molar-refractivity contribution in [3.05, 3.63) is 46.7 Å². The Kier molecular flexibility index (Phi) is 2.59. The molecule has 1 aromatic carbocycles. The second-order valence-corrected chi connectivity index (χ2v) is 3.86. The molecule has 0 aliphatic carbocycles. The van der Waals surface area contributed by atoms with Gasteiger partial charge in [-0.1, -0.05) is 34.1 Å². The van der Waals surface area contributed by atoms with Crippen molar-refractivity contribution in [2.24, 2.45) is 0 Å². The van der Waals surface area contributed by atoms with E-state index < -0.39 is 0 Å². The SMILES string of the molecule is Cc1ccnc(-c2ccccc2Br)n1. The first-order chi connectivity index (χ1) is 6.77. The zero-order valence-electron chi connectivity index (χ0n) is 7.74. The highest BCUT2D eigenvalue weighted by atomic mass is 79.9. The lowest BCUT2D eigenvalue weighted by molar-refractivity contribution is 1.11. The Bertz CT molecular complexity index is 455. The molecule has 0 saturated heterocycles. The molecule has 0 amide bonds. The van der Waals surface area contributed by atoms with Crippen molar-refractivity contribution >= 4 is 15.9 Å². The van der Waals surface area contributed by atoms with Crippen LogP contribution in [0.15, 0.2) is 41.0 Å². The third kappa shape index (κ3) is 1.82. The largest absolute Gasteiger partial charge is 0.237 e. The molecule has 14 heavy (non-hydrogen) atoms. The zero-order valence-corrected chi connectivity index (χ0v) is 9.32. The number of hydrogen-bond donors (Lipinski definition) is 0. The molecule has 2 aromatic rings. The molecule has 0 fully saturated rings. The molecule has 1 aromatic heterocycles. The van der Waals surface area contributed by atoms with Crippen LogP contribution < -0.4 is 0 Å². The molecule has 1 heterocycles. The van der Waals surface area contributed by atoms with E-state index in [1.54, 1.807) is 6.20 Å². The summed E-state index contributed by atoms with van der Waals surface area (Å²) >= 11 is 3.48. The van der Waals surface area contributed by atoms with E-state index in [-0.39, 0.29) is 0 Å². The quantitative estimate of drug-likeness (QED) is 0.775. The van der Waals surface area contributed by atoms with Gasteiger partial charge in [-0.05, 0) is 19.1 Å². The molecule has 0 spiro atoms. The number of hydrogen-bond acceptors (Lipinski definition) is 2. The molecule has 0 aliphatic heterocycles. The third-order valence-corrected chi connectivity index (χ3v) is 2.60. The number of halogens is 1. The maximum atomic E-state index is 4.36. The summed E-state index contributed by atoms with van der Waals surface area (Å²) in [5.41, 5.74) is 2.00. The van der Waals surface area contributed by atoms with E-state index in [4.69, 9.17) is 0 Å². The van der Waals surface area contributed by atoms with E-state index in [0.717, 1.165) is 21.6 Å². The first-order valence-electron chi connectivity index (χ1n) is 4.32. The van der Waals surface area contributed by atoms with E-state index in [0.29, 0.717) is 0 Å². The van der Waals surface area contributed by atoms with Gasteiger partial charge in [-0.15, -0.1) is 0 Å². The summed E-state index contributed by atoms with van der Waals surface area (Å²) in [5.74, 6) is 0.762. The van der Waals surface area contributed by atoms with Gasteiger partial charge in [-0.2, -0.15) is 0 Å². The fourth-order valence-electron chi connectivity index (χ4n) is 1.22. The fraction of sp³-hybridized carbons (Fsp3) is 0.0909. The van der Waals surface area contributed by atoms with Gasteiger partial charge in [-0.3, -0.25) is 0 Å². The summed E-state index contributed by atoms with van der Waals surface area (Å²) in [6, 6.07) is 9.83. The summed E-state index contributed by atoms with van der Waals surface area (Å²) in [7, 11) is 0. The number of nitrogens with zero attached hydrogens (tertiary/aromatic N) is 2. The average molecular weight is 249 g/mol. The number of rotatable bonds is 1. The summed E-state index contributed by atoms with van der Waals surface area (Å²) in [6.45, 7) is 1.96. The molecule has 70 valence electrons. The molecular weight excluding hydrogens is 240 g/mol. The highest BCUT2D eigenvalue weighted by Gasteiger charge is 2.04. The van der Waals surface area contributed by atoms with Crippen LogP contribution in [0.3, 0.4) is 0 Å². The Labute approximate surface area is 91.2 Å². The van der Waals surface area contributed by atoms with Crippen molar-refractivity contribution in [3.63, 3.8) is 0 Å². The molecule has 0 radical (unpaired) electrons. The van der Waals surface area contributed by atoms with Crippen molar-refractivity contribution in [2.45, 2.75) is 6.92 Å². The van der Waals surface area contributed by atoms with Crippen LogP contribution in [0.25, 0.3) is 11.4 Å². The maximum absolute atomic E-state index is 4.36. The Hall–Kier alpha value is -1.22. The summed E-state index contributed by atoms with van der Waals surface area (Å²) in [5, 5.41) is 0. The summed E-state index contributed by atoms with van der Waals surface area (Å²) in [6.07, 6.45) is 1.77. The predicted octanol–water partition coefficient (Wildman–Crippen LogP) is 3.21. The van der Waals surface area contributed by atoms with E-state index in [1.807, 2.05) is 37.3 Å². The lowest BCUT2D eigenvalue weighted by Crippen LogP contribution is -1.90. The molecule has 0 saturated carbocycles. The van der Waals surface area contributed by atoms with Gasteiger partial charge < -0.3 is 0 Å². The Morgan fingerprint density at radius 1 is 1.14 bits per heavy atom. The van der Waals surface area contributed by atoms with Gasteiger partial charge in [0.05, 0.1) is 0 Å². The van der Waals surface area contributed by atoms with Gasteiger partial charge in [-0.25, -0.2) is 9.97 Å². The van der Waals surface area contributed by atoms with Crippen LogP contribution in [0.5, 0.6) is 0 Å². The van der Waals surface area contributed by atoms with Crippen LogP contribution in [-0.4, -0.2) is 9.97 Å². The third-order valence-electron chi connectivity index (χ3n) is 1.91. The van der Waals surface area contributed by atoms with Crippen LogP contribution in [-0.2, 0) is 0 Å². The topological polar surface area (TPSA) is 25.8 Å². The first kappa shape index (κ1) is 9.34. The molecule has 0 aliphatic rings. The van der Waals surface area contributed by atoms with Gasteiger partial charge in [0.25, 0.3) is 0 Å². The van der Waals surface area contributed by atoms with Crippen LogP contribution in [0.1, 0.15) is 5.69 Å². The second-order valence-electron chi connectivity index (χ2n) is 3.00. The minimum absolute atomic E-state index is 0.762. The van der Waals surface area contributed by atoms with Gasteiger partial charge in [0.2, 0.25) is 0 Å². The number of aromatic nitrogens is 2. The van der Waals surface area contributed by atoms with Crippen LogP contribution in [0, 0.1) is 6.92 Å². The van der Waals surface area contributed by atoms with E-state index in [1.165, 1.54) is 0 Å². The second kappa shape index (κ2) is 3.88. The first-order valence-corrected chi connectivity index (χ1v) is 5.11. The maximum Gasteiger partial charge on any atom is 0.160 e. The molecule has 2 nitrogen and oxygen atoms in total. The van der Waals surface area contributed by atoms with E-state index >= 15 is 0 Å². The van der Waals surface area contributed by atoms with Crippen LogP contribution in [0.4, 0.5) is 0 Å². The van der Waals surface area contributed by atoms with Crippen LogP contribution in [0.2, 0.25) is 0 Å². The van der Waals surface area contributed by atoms with Gasteiger partial charge >= 0.3 is 0 Å². The smallest absolute Gasteiger partial charge is 0.160 e. The molecule has 3 heteroatoms. The van der Waals surface area contributed by atoms with E-state index in [2.05, 4.69) is 25.9 Å².